The Balaban J connectivity index is 1.40. The molecule has 1 aromatic carbocycles. The molecule has 2 saturated carbocycles. The van der Waals surface area contributed by atoms with Crippen LogP contribution in [-0.4, -0.2) is 49.3 Å². The smallest absolute Gasteiger partial charge is 0.336 e. The number of benzene rings is 1. The Bertz CT molecular complexity index is 1050. The molecular weight excluding hydrogens is 414 g/mol. The third-order valence-electron chi connectivity index (χ3n) is 9.11. The minimum atomic E-state index is -0.374. The zero-order chi connectivity index (χ0) is 23.0. The molecule has 2 aliphatic heterocycles. The van der Waals surface area contributed by atoms with Gasteiger partial charge >= 0.3 is 5.97 Å². The first-order chi connectivity index (χ1) is 15.9. The monoisotopic (exact) mass is 449 g/mol. The summed E-state index contributed by atoms with van der Waals surface area (Å²) in [7, 11) is 1.82. The quantitative estimate of drug-likeness (QED) is 0.275. The lowest BCUT2D eigenvalue weighted by molar-refractivity contribution is -0.129. The summed E-state index contributed by atoms with van der Waals surface area (Å²) in [6.07, 6.45) is 11.1. The van der Waals surface area contributed by atoms with Crippen molar-refractivity contribution in [1.29, 1.82) is 0 Å². The molecule has 1 saturated heterocycles. The first-order valence-electron chi connectivity index (χ1n) is 12.5. The number of hydrogen-bond donors (Lipinski definition) is 0. The molecule has 0 aromatic heterocycles. The Hall–Kier alpha value is -2.11. The number of rotatable bonds is 6. The summed E-state index contributed by atoms with van der Waals surface area (Å²) in [5, 5.41) is 0. The predicted molar refractivity (Wildman–Crippen MR) is 127 cm³/mol. The SMILES string of the molecule is COC1C[C@]2(C)[C@H]3Cc4ccc(OC(=O)/C=C/C=C(C)C)c5c4[C@@]2(CCN3CC2CC2)[C@H]1O5. The minimum Gasteiger partial charge on any atom is -0.483 e. The topological polar surface area (TPSA) is 48.0 Å². The standard InChI is InChI=1S/C28H35NO4/c1-17(2)6-5-7-23(30)32-20-11-10-19-14-22-27(3)15-21(31-4)26-28(27,24(19)25(20)33-26)12-13-29(22)16-18-8-9-18/h5-7,10-11,18,21-22,26H,8-9,12-16H2,1-4H3/b7-5+/t21?,22-,26+,27-,28+/m1/s1. The highest BCUT2D eigenvalue weighted by molar-refractivity contribution is 5.85. The third kappa shape index (κ3) is 3.01. The molecule has 6 rings (SSSR count). The molecule has 2 heterocycles. The highest BCUT2D eigenvalue weighted by atomic mass is 16.6. The molecule has 5 nitrogen and oxygen atoms in total. The fourth-order valence-corrected chi connectivity index (χ4v) is 7.49. The molecule has 5 atom stereocenters. The van der Waals surface area contributed by atoms with Gasteiger partial charge in [-0.1, -0.05) is 30.7 Å². The van der Waals surface area contributed by atoms with Crippen molar-refractivity contribution in [3.05, 3.63) is 47.1 Å². The summed E-state index contributed by atoms with van der Waals surface area (Å²) in [6, 6.07) is 4.63. The van der Waals surface area contributed by atoms with Gasteiger partial charge in [0.25, 0.3) is 0 Å². The highest BCUT2D eigenvalue weighted by Crippen LogP contribution is 2.71. The summed E-state index contributed by atoms with van der Waals surface area (Å²) in [5.41, 5.74) is 3.83. The van der Waals surface area contributed by atoms with E-state index >= 15 is 0 Å². The molecule has 5 heteroatoms. The van der Waals surface area contributed by atoms with E-state index in [1.165, 1.54) is 36.6 Å². The van der Waals surface area contributed by atoms with Gasteiger partial charge < -0.3 is 14.2 Å². The molecule has 1 spiro atoms. The van der Waals surface area contributed by atoms with Crippen molar-refractivity contribution >= 4 is 5.97 Å². The molecule has 2 bridgehead atoms. The van der Waals surface area contributed by atoms with Crippen LogP contribution in [0.25, 0.3) is 0 Å². The van der Waals surface area contributed by atoms with Crippen LogP contribution in [0.5, 0.6) is 11.5 Å². The molecule has 0 amide bonds. The number of methoxy groups -OCH3 is 1. The largest absolute Gasteiger partial charge is 0.483 e. The number of allylic oxidation sites excluding steroid dienone is 3. The van der Waals surface area contributed by atoms with Gasteiger partial charge in [-0.2, -0.15) is 0 Å². The second kappa shape index (κ2) is 7.44. The van der Waals surface area contributed by atoms with Crippen molar-refractivity contribution in [3.63, 3.8) is 0 Å². The van der Waals surface area contributed by atoms with Gasteiger partial charge in [0, 0.05) is 36.8 Å². The van der Waals surface area contributed by atoms with E-state index < -0.39 is 0 Å². The third-order valence-corrected chi connectivity index (χ3v) is 9.11. The maximum Gasteiger partial charge on any atom is 0.336 e. The average Bonchev–Trinajstić information content (AvgIpc) is 3.45. The Morgan fingerprint density at radius 2 is 2.12 bits per heavy atom. The zero-order valence-corrected chi connectivity index (χ0v) is 20.2. The summed E-state index contributed by atoms with van der Waals surface area (Å²) >= 11 is 0. The number of nitrogens with zero attached hydrogens (tertiary/aromatic N) is 1. The number of carbonyl (C=O) groups excluding carboxylic acids is 1. The maximum atomic E-state index is 12.5. The summed E-state index contributed by atoms with van der Waals surface area (Å²) in [4.78, 5) is 15.3. The van der Waals surface area contributed by atoms with Crippen LogP contribution in [0.4, 0.5) is 0 Å². The average molecular weight is 450 g/mol. The van der Waals surface area contributed by atoms with E-state index in [1.54, 1.807) is 6.08 Å². The molecule has 33 heavy (non-hydrogen) atoms. The predicted octanol–water partition coefficient (Wildman–Crippen LogP) is 4.58. The Kier molecular flexibility index (Phi) is 4.83. The summed E-state index contributed by atoms with van der Waals surface area (Å²) in [6.45, 7) is 8.82. The van der Waals surface area contributed by atoms with E-state index in [4.69, 9.17) is 14.2 Å². The Morgan fingerprint density at radius 3 is 2.85 bits per heavy atom. The van der Waals surface area contributed by atoms with Gasteiger partial charge in [-0.3, -0.25) is 4.90 Å². The van der Waals surface area contributed by atoms with E-state index in [-0.39, 0.29) is 29.0 Å². The van der Waals surface area contributed by atoms with Crippen LogP contribution in [0.3, 0.4) is 0 Å². The van der Waals surface area contributed by atoms with Crippen LogP contribution >= 0.6 is 0 Å². The van der Waals surface area contributed by atoms with Crippen LogP contribution in [0.1, 0.15) is 57.6 Å². The number of carbonyl (C=O) groups is 1. The van der Waals surface area contributed by atoms with Gasteiger partial charge in [-0.15, -0.1) is 0 Å². The van der Waals surface area contributed by atoms with Crippen molar-refractivity contribution < 1.29 is 19.0 Å². The van der Waals surface area contributed by atoms with Crippen LogP contribution in [0.2, 0.25) is 0 Å². The summed E-state index contributed by atoms with van der Waals surface area (Å²) in [5.74, 6) is 1.83. The molecular formula is C28H35NO4. The van der Waals surface area contributed by atoms with Crippen molar-refractivity contribution in [2.75, 3.05) is 20.2 Å². The lowest BCUT2D eigenvalue weighted by atomic mass is 9.51. The van der Waals surface area contributed by atoms with Crippen LogP contribution in [-0.2, 0) is 21.4 Å². The van der Waals surface area contributed by atoms with Crippen LogP contribution < -0.4 is 9.47 Å². The van der Waals surface area contributed by atoms with Gasteiger partial charge in [-0.25, -0.2) is 4.79 Å². The molecule has 5 aliphatic rings. The Labute approximate surface area is 196 Å². The fraction of sp³-hybridized carbons (Fsp3) is 0.607. The number of hydrogen-bond acceptors (Lipinski definition) is 5. The van der Waals surface area contributed by atoms with Gasteiger partial charge in [0.2, 0.25) is 0 Å². The second-order valence-corrected chi connectivity index (χ2v) is 11.3. The molecule has 1 aromatic rings. The second-order valence-electron chi connectivity index (χ2n) is 11.3. The van der Waals surface area contributed by atoms with Gasteiger partial charge in [0.1, 0.15) is 6.10 Å². The van der Waals surface area contributed by atoms with E-state index in [0.29, 0.717) is 11.8 Å². The first kappa shape index (κ1) is 21.4. The van der Waals surface area contributed by atoms with E-state index in [1.807, 2.05) is 33.1 Å². The Morgan fingerprint density at radius 1 is 1.30 bits per heavy atom. The first-order valence-corrected chi connectivity index (χ1v) is 12.5. The molecule has 176 valence electrons. The molecule has 0 radical (unpaired) electrons. The summed E-state index contributed by atoms with van der Waals surface area (Å²) < 4.78 is 18.6. The maximum absolute atomic E-state index is 12.5. The molecule has 1 unspecified atom stereocenters. The van der Waals surface area contributed by atoms with Crippen LogP contribution in [0.15, 0.2) is 35.9 Å². The van der Waals surface area contributed by atoms with E-state index in [2.05, 4.69) is 17.9 Å². The lowest BCUT2D eigenvalue weighted by Crippen LogP contribution is -2.65. The highest BCUT2D eigenvalue weighted by Gasteiger charge is 2.74. The van der Waals surface area contributed by atoms with Gasteiger partial charge in [0.05, 0.1) is 6.10 Å². The van der Waals surface area contributed by atoms with Gasteiger partial charge in [0.15, 0.2) is 11.5 Å². The van der Waals surface area contributed by atoms with Crippen molar-refractivity contribution in [2.45, 2.75) is 76.5 Å². The normalized spacial score (nSPS) is 35.9. The van der Waals surface area contributed by atoms with Gasteiger partial charge in [-0.05, 0) is 75.5 Å². The number of likely N-dealkylation sites (tertiary alicyclic amines) is 1. The minimum absolute atomic E-state index is 0.0202. The van der Waals surface area contributed by atoms with Crippen molar-refractivity contribution in [3.8, 4) is 11.5 Å². The molecule has 0 N–H and O–H groups in total. The number of piperidine rings is 1. The number of ether oxygens (including phenoxy) is 3. The van der Waals surface area contributed by atoms with Crippen molar-refractivity contribution in [1.82, 2.24) is 4.90 Å². The number of esters is 1. The zero-order valence-electron chi connectivity index (χ0n) is 20.2. The fourth-order valence-electron chi connectivity index (χ4n) is 7.49. The molecule has 3 fully saturated rings. The van der Waals surface area contributed by atoms with Crippen molar-refractivity contribution in [2.24, 2.45) is 11.3 Å². The van der Waals surface area contributed by atoms with E-state index in [0.717, 1.165) is 43.0 Å². The molecule has 3 aliphatic carbocycles. The van der Waals surface area contributed by atoms with E-state index in [9.17, 15) is 4.79 Å². The lowest BCUT2D eigenvalue weighted by Gasteiger charge is -2.59. The van der Waals surface area contributed by atoms with Crippen LogP contribution in [0, 0.1) is 11.3 Å².